The lowest BCUT2D eigenvalue weighted by molar-refractivity contribution is 0.974. The summed E-state index contributed by atoms with van der Waals surface area (Å²) in [4.78, 5) is 54.9. The van der Waals surface area contributed by atoms with Crippen LogP contribution in [0.5, 0.6) is 0 Å². The van der Waals surface area contributed by atoms with Crippen molar-refractivity contribution in [3.63, 3.8) is 0 Å². The van der Waals surface area contributed by atoms with Gasteiger partial charge < -0.3 is 0 Å². The molecule has 0 saturated heterocycles. The van der Waals surface area contributed by atoms with Crippen LogP contribution < -0.4 is 0 Å². The van der Waals surface area contributed by atoms with Gasteiger partial charge in [-0.3, -0.25) is 24.9 Å². The highest BCUT2D eigenvalue weighted by atomic mass is 15.0. The maximum atomic E-state index is 4.28. The molecule has 14 nitrogen and oxygen atoms in total. The van der Waals surface area contributed by atoms with Crippen LogP contribution in [0.3, 0.4) is 0 Å². The van der Waals surface area contributed by atoms with E-state index in [9.17, 15) is 0 Å². The molecule has 0 saturated carbocycles. The quantitative estimate of drug-likeness (QED) is 0.140. The topological polar surface area (TPSA) is 180 Å². The number of rotatable bonds is 0. The average Bonchev–Trinajstić information content (AvgIpc) is 0.839. The highest BCUT2D eigenvalue weighted by molar-refractivity contribution is 5.83. The van der Waals surface area contributed by atoms with Crippen molar-refractivity contribution in [1.82, 2.24) is 69.8 Å². The van der Waals surface area contributed by atoms with Crippen molar-refractivity contribution in [1.29, 1.82) is 0 Å². The lowest BCUT2D eigenvalue weighted by Gasteiger charge is -1.97. The highest BCUT2D eigenvalue weighted by Crippen LogP contribution is 2.17. The third kappa shape index (κ3) is 63.0. The zero-order valence-electron chi connectivity index (χ0n) is 90.1. The molecule has 9 heterocycles. The lowest BCUT2D eigenvalue weighted by Crippen LogP contribution is -1.84. The summed E-state index contributed by atoms with van der Waals surface area (Å²) < 4.78 is 0. The van der Waals surface area contributed by atoms with E-state index in [1.165, 1.54) is 130 Å². The van der Waals surface area contributed by atoms with Crippen LogP contribution in [0.15, 0.2) is 542 Å². The molecule has 0 aliphatic heterocycles. The van der Waals surface area contributed by atoms with Gasteiger partial charge in [-0.05, 0) is 232 Å². The average molecular weight is 1960 g/mol. The van der Waals surface area contributed by atoms with E-state index in [4.69, 9.17) is 0 Å². The SMILES string of the molecule is Cc1ccc2cccnc2c1.Cc1ccc2ncccc2c1.Cc1cccc2cccnc12.Cc1cccc2ncccc12.Cc1ccccc1.Cc1ccccc1.Cc1ccccc1.Cc1ccccc1.Cc1ccccc1.Cc1ccccc1.Cc1ccccc1.Cc1ccccc1.Cc1ccccc1.Cc1ccccc1.Cc1ccncc1.Cc1ccncn1.Cc1cncnc1.Cc1ncccn1.Cc1ncncn1. The van der Waals surface area contributed by atoms with Crippen molar-refractivity contribution in [2.24, 2.45) is 0 Å². The van der Waals surface area contributed by atoms with Crippen LogP contribution in [0, 0.1) is 132 Å². The molecule has 0 aliphatic carbocycles. The number of pyridine rings is 5. The summed E-state index contributed by atoms with van der Waals surface area (Å²) in [5.41, 5.74) is 26.0. The molecule has 0 atom stereocenters. The molecule has 0 aliphatic rings. The number of hydrogen-bond donors (Lipinski definition) is 0. The molecular formula is C135H146N14. The number of para-hydroxylation sites is 1. The molecule has 23 rings (SSSR count). The summed E-state index contributed by atoms with van der Waals surface area (Å²) in [5, 5.41) is 4.88. The molecule has 0 unspecified atom stereocenters. The monoisotopic (exact) mass is 1960 g/mol. The van der Waals surface area contributed by atoms with Gasteiger partial charge in [-0.25, -0.2) is 44.9 Å². The minimum absolute atomic E-state index is 0.759. The van der Waals surface area contributed by atoms with Gasteiger partial charge in [0, 0.05) is 95.4 Å². The molecule has 0 bridgehead atoms. The van der Waals surface area contributed by atoms with Gasteiger partial charge in [-0.2, -0.15) is 0 Å². The van der Waals surface area contributed by atoms with Gasteiger partial charge in [0.1, 0.15) is 37.0 Å². The largest absolute Gasteiger partial charge is 0.265 e. The molecule has 149 heavy (non-hydrogen) atoms. The Morgan fingerprint density at radius 3 is 0.758 bits per heavy atom. The minimum atomic E-state index is 0.759. The van der Waals surface area contributed by atoms with Crippen molar-refractivity contribution >= 4 is 43.6 Å². The van der Waals surface area contributed by atoms with Crippen LogP contribution in [0.4, 0.5) is 0 Å². The van der Waals surface area contributed by atoms with Gasteiger partial charge in [-0.15, -0.1) is 0 Å². The van der Waals surface area contributed by atoms with E-state index in [1.54, 1.807) is 49.4 Å². The Bertz CT molecular complexity index is 5870. The maximum absolute atomic E-state index is 4.28. The van der Waals surface area contributed by atoms with Crippen LogP contribution in [0.25, 0.3) is 43.6 Å². The Morgan fingerprint density at radius 2 is 0.450 bits per heavy atom. The normalized spacial score (nSPS) is 9.17. The molecule has 0 N–H and O–H groups in total. The second kappa shape index (κ2) is 78.6. The standard InChI is InChI=1S/4C10H9N.10C7H8.C6H7N.3C5H6N2.C4H5N3/c1-8-4-2-6-10-9(8)5-3-7-11-10;1-8-4-2-5-9-6-3-7-11-10(8)9;1-8-4-5-10-9(7-8)3-2-6-11-10;1-8-4-5-9-3-2-6-11-10(9)7-8;10*1-7-5-3-2-4-6-7;1-6-2-4-7-5-3-6;1-5-2-6-4-7-3-5;1-5-2-3-6-4-7-5;1-5-6-3-2-4-7-5;1-4-6-2-5-3-7-4/h4*2-7H,1H3;10*2-6H,1H3;2-5H,1H3;3*2-4H,1H3;2-3H,1H3. The fraction of sp³-hybridized carbons (Fsp3) is 0.141. The summed E-state index contributed by atoms with van der Waals surface area (Å²) in [6.07, 6.45) is 25.6. The third-order valence-corrected chi connectivity index (χ3v) is 20.2. The van der Waals surface area contributed by atoms with Gasteiger partial charge in [0.2, 0.25) is 0 Å². The zero-order valence-corrected chi connectivity index (χ0v) is 90.1. The van der Waals surface area contributed by atoms with Crippen LogP contribution in [0.2, 0.25) is 0 Å². The molecule has 756 valence electrons. The van der Waals surface area contributed by atoms with Gasteiger partial charge >= 0.3 is 0 Å². The van der Waals surface area contributed by atoms with Gasteiger partial charge in [0.05, 0.1) is 22.1 Å². The molecule has 0 amide bonds. The predicted octanol–water partition coefficient (Wildman–Crippen LogP) is 34.0. The van der Waals surface area contributed by atoms with Crippen LogP contribution in [-0.2, 0) is 0 Å². The molecular weight excluding hydrogens is 1820 g/mol. The van der Waals surface area contributed by atoms with E-state index in [2.05, 4.69) is 367 Å². The second-order valence-corrected chi connectivity index (χ2v) is 34.0. The molecule has 14 heteroatoms. The van der Waals surface area contributed by atoms with E-state index in [0.29, 0.717) is 0 Å². The molecule has 0 spiro atoms. The zero-order chi connectivity index (χ0) is 107. The van der Waals surface area contributed by atoms with Gasteiger partial charge in [-0.1, -0.05) is 437 Å². The number of nitrogens with zero attached hydrogens (tertiary/aromatic N) is 14. The first kappa shape index (κ1) is 122. The molecule has 0 radical (unpaired) electrons. The Kier molecular flexibility index (Phi) is 64.2. The summed E-state index contributed by atoms with van der Waals surface area (Å²) in [5.74, 6) is 1.58. The Balaban J connectivity index is 0.000000277. The highest BCUT2D eigenvalue weighted by Gasteiger charge is 1.98. The van der Waals surface area contributed by atoms with Gasteiger partial charge in [0.25, 0.3) is 0 Å². The van der Waals surface area contributed by atoms with Crippen molar-refractivity contribution in [3.8, 4) is 0 Å². The Morgan fingerprint density at radius 1 is 0.141 bits per heavy atom. The summed E-state index contributed by atoms with van der Waals surface area (Å²) in [7, 11) is 0. The van der Waals surface area contributed by atoms with Crippen LogP contribution >= 0.6 is 0 Å². The third-order valence-electron chi connectivity index (χ3n) is 20.2. The fourth-order valence-corrected chi connectivity index (χ4v) is 12.1. The van der Waals surface area contributed by atoms with Gasteiger partial charge in [0.15, 0.2) is 0 Å². The summed E-state index contributed by atoms with van der Waals surface area (Å²) >= 11 is 0. The van der Waals surface area contributed by atoms with Crippen molar-refractivity contribution in [2.75, 3.05) is 0 Å². The van der Waals surface area contributed by atoms with Crippen LogP contribution in [-0.4, -0.2) is 69.8 Å². The number of benzene rings is 14. The second-order valence-electron chi connectivity index (χ2n) is 34.0. The molecule has 0 fully saturated rings. The summed E-state index contributed by atoms with van der Waals surface area (Å²) in [6.45, 7) is 38.8. The number of aromatic nitrogens is 14. The number of aryl methyl sites for hydroxylation is 19. The van der Waals surface area contributed by atoms with Crippen molar-refractivity contribution in [3.05, 3.63) is 649 Å². The van der Waals surface area contributed by atoms with E-state index in [-0.39, 0.29) is 0 Å². The fourth-order valence-electron chi connectivity index (χ4n) is 12.1. The molecule has 14 aromatic carbocycles. The molecule has 9 aromatic heterocycles. The summed E-state index contributed by atoms with van der Waals surface area (Å²) in [6, 6.07) is 151. The predicted molar refractivity (Wildman–Crippen MR) is 632 cm³/mol. The first-order chi connectivity index (χ1) is 72.4. The number of fused-ring (bicyclic) bond motifs is 4. The first-order valence-electron chi connectivity index (χ1n) is 49.4. The van der Waals surface area contributed by atoms with Crippen LogP contribution in [0.1, 0.15) is 106 Å². The minimum Gasteiger partial charge on any atom is -0.265 e. The van der Waals surface area contributed by atoms with E-state index in [1.807, 2.05) is 302 Å². The lowest BCUT2D eigenvalue weighted by atomic mass is 10.1. The Labute approximate surface area is 887 Å². The van der Waals surface area contributed by atoms with E-state index < -0.39 is 0 Å². The van der Waals surface area contributed by atoms with Crippen molar-refractivity contribution < 1.29 is 0 Å². The first-order valence-corrected chi connectivity index (χ1v) is 49.4. The van der Waals surface area contributed by atoms with E-state index >= 15 is 0 Å². The number of hydrogen-bond acceptors (Lipinski definition) is 14. The molecule has 23 aromatic rings. The van der Waals surface area contributed by atoms with E-state index in [0.717, 1.165) is 45.0 Å². The smallest absolute Gasteiger partial charge is 0.128 e. The van der Waals surface area contributed by atoms with Crippen molar-refractivity contribution in [2.45, 2.75) is 132 Å². The Hall–Kier alpha value is -17.9. The maximum Gasteiger partial charge on any atom is 0.128 e.